The molecular weight excluding hydrogens is 687 g/mol. The lowest BCUT2D eigenvalue weighted by atomic mass is 9.87. The van der Waals surface area contributed by atoms with Gasteiger partial charge < -0.3 is 28.8 Å². The molecule has 5 aliphatic rings. The monoisotopic (exact) mass is 737 g/mol. The number of hydrogen-bond donors (Lipinski definition) is 1. The summed E-state index contributed by atoms with van der Waals surface area (Å²) in [6, 6.07) is 23.5. The molecule has 0 amide bonds. The fourth-order valence-corrected chi connectivity index (χ4v) is 9.31. The van der Waals surface area contributed by atoms with Gasteiger partial charge in [-0.15, -0.1) is 0 Å². The quantitative estimate of drug-likeness (QED) is 0.216. The summed E-state index contributed by atoms with van der Waals surface area (Å²) < 4.78 is 32.1. The van der Waals surface area contributed by atoms with E-state index in [9.17, 15) is 5.11 Å². The van der Waals surface area contributed by atoms with E-state index < -0.39 is 6.10 Å². The number of aliphatic hydroxyl groups is 1. The second-order valence-corrected chi connectivity index (χ2v) is 16.0. The maximum absolute atomic E-state index is 11.2. The van der Waals surface area contributed by atoms with Crippen molar-refractivity contribution >= 4 is 11.8 Å². The number of rotatable bonds is 7. The van der Waals surface area contributed by atoms with Crippen molar-refractivity contribution in [3.63, 3.8) is 0 Å². The van der Waals surface area contributed by atoms with Gasteiger partial charge in [0.2, 0.25) is 5.75 Å². The third-order valence-electron chi connectivity index (χ3n) is 11.3. The summed E-state index contributed by atoms with van der Waals surface area (Å²) in [7, 11) is 7.75. The minimum atomic E-state index is -0.657. The van der Waals surface area contributed by atoms with Crippen molar-refractivity contribution in [2.24, 2.45) is 0 Å². The molecule has 1 fully saturated rings. The molecule has 10 heteroatoms. The second kappa shape index (κ2) is 15.8. The Morgan fingerprint density at radius 3 is 2.23 bits per heavy atom. The van der Waals surface area contributed by atoms with Crippen LogP contribution < -0.4 is 23.7 Å². The van der Waals surface area contributed by atoms with Crippen molar-refractivity contribution in [2.45, 2.75) is 43.9 Å². The van der Waals surface area contributed by atoms with E-state index in [-0.39, 0.29) is 18.7 Å². The van der Waals surface area contributed by atoms with Crippen molar-refractivity contribution in [3.05, 3.63) is 100 Å². The van der Waals surface area contributed by atoms with E-state index in [1.807, 2.05) is 17.8 Å². The zero-order valence-electron chi connectivity index (χ0n) is 31.3. The number of nitrogens with zero attached hydrogens (tertiary/aromatic N) is 3. The zero-order valence-corrected chi connectivity index (χ0v) is 32.1. The molecular formula is C43H51N3O6S. The Kier molecular flexibility index (Phi) is 10.8. The second-order valence-electron chi connectivity index (χ2n) is 14.8. The molecule has 1 unspecified atom stereocenters. The number of hydrogen-bond acceptors (Lipinski definition) is 10. The molecule has 0 aliphatic carbocycles. The lowest BCUT2D eigenvalue weighted by molar-refractivity contribution is 0.0693. The molecule has 5 heterocycles. The van der Waals surface area contributed by atoms with Gasteiger partial charge in [-0.25, -0.2) is 0 Å². The van der Waals surface area contributed by atoms with Crippen molar-refractivity contribution in [3.8, 4) is 40.2 Å². The first-order valence-electron chi connectivity index (χ1n) is 18.9. The first-order chi connectivity index (χ1) is 25.9. The number of aliphatic hydroxyl groups excluding tert-OH is 1. The number of ether oxygens (including phenoxy) is 5. The largest absolute Gasteiger partial charge is 0.493 e. The van der Waals surface area contributed by atoms with Crippen LogP contribution in [0.1, 0.15) is 45.5 Å². The molecule has 280 valence electrons. The molecule has 9 nitrogen and oxygen atoms in total. The van der Waals surface area contributed by atoms with Crippen LogP contribution in [-0.4, -0.2) is 105 Å². The molecule has 6 bridgehead atoms. The first-order valence-corrected chi connectivity index (χ1v) is 20.0. The molecule has 9 rings (SSSR count). The Balaban J connectivity index is 1.26. The third kappa shape index (κ3) is 7.71. The summed E-state index contributed by atoms with van der Waals surface area (Å²) in [5.74, 6) is 6.87. The highest BCUT2D eigenvalue weighted by Crippen LogP contribution is 2.51. The van der Waals surface area contributed by atoms with Gasteiger partial charge in [-0.3, -0.25) is 14.7 Å². The van der Waals surface area contributed by atoms with Crippen LogP contribution in [0.25, 0.3) is 0 Å². The van der Waals surface area contributed by atoms with Crippen LogP contribution in [0.2, 0.25) is 0 Å². The van der Waals surface area contributed by atoms with E-state index in [0.717, 1.165) is 79.6 Å². The van der Waals surface area contributed by atoms with Crippen LogP contribution >= 0.6 is 11.8 Å². The van der Waals surface area contributed by atoms with Gasteiger partial charge in [-0.05, 0) is 110 Å². The van der Waals surface area contributed by atoms with Gasteiger partial charge in [0.15, 0.2) is 23.0 Å². The van der Waals surface area contributed by atoms with Crippen molar-refractivity contribution in [2.75, 3.05) is 79.2 Å². The van der Waals surface area contributed by atoms with Gasteiger partial charge >= 0.3 is 0 Å². The number of thioether (sulfide) groups is 1. The highest BCUT2D eigenvalue weighted by atomic mass is 32.2. The zero-order chi connectivity index (χ0) is 36.5. The van der Waals surface area contributed by atoms with Gasteiger partial charge in [0, 0.05) is 61.9 Å². The molecule has 4 aromatic carbocycles. The van der Waals surface area contributed by atoms with E-state index in [1.54, 1.807) is 14.2 Å². The van der Waals surface area contributed by atoms with E-state index in [2.05, 4.69) is 89.5 Å². The predicted molar refractivity (Wildman–Crippen MR) is 210 cm³/mol. The topological polar surface area (TPSA) is 76.1 Å². The Morgan fingerprint density at radius 1 is 0.755 bits per heavy atom. The number of benzene rings is 4. The normalized spacial score (nSPS) is 21.0. The van der Waals surface area contributed by atoms with E-state index in [4.69, 9.17) is 23.7 Å². The highest BCUT2D eigenvalue weighted by molar-refractivity contribution is 7.99. The summed E-state index contributed by atoms with van der Waals surface area (Å²) in [5.41, 5.74) is 7.23. The average molecular weight is 738 g/mol. The standard InChI is InChI=1S/C43H51N3O6S/c1-44-15-13-30-8-11-34-25-35(30)36(44)21-28-5-9-33(10-6-28)51-39-23-29(7-12-38(39)48-3)22-37-41-31(14-16-45(37)2)24-40(49-4)42(43(41)52-34)50-27-32(47)26-46-17-19-53-20-18-46/h5-12,23-25,32,36-37,47H,13-22,26-27H2,1-4H3/t32?,36-,37-/m0/s1. The Morgan fingerprint density at radius 2 is 1.45 bits per heavy atom. The summed E-state index contributed by atoms with van der Waals surface area (Å²) >= 11 is 1.96. The third-order valence-corrected chi connectivity index (χ3v) is 12.3. The molecule has 53 heavy (non-hydrogen) atoms. The molecule has 0 saturated carbocycles. The fourth-order valence-electron chi connectivity index (χ4n) is 8.33. The SMILES string of the molecule is COc1ccc2cc1Oc1ccc(cc1)C[C@H]1c3cc(ccc3CCN1C)Oc1c(OCC(O)CN3CCSCC3)c(OC)cc3c1[C@H](C2)N(C)CC3. The van der Waals surface area contributed by atoms with Gasteiger partial charge in [0.1, 0.15) is 24.2 Å². The van der Waals surface area contributed by atoms with Crippen LogP contribution in [-0.2, 0) is 25.7 Å². The van der Waals surface area contributed by atoms with Crippen LogP contribution in [0.15, 0.2) is 66.7 Å². The molecule has 3 atom stereocenters. The lowest BCUT2D eigenvalue weighted by Gasteiger charge is -2.37. The van der Waals surface area contributed by atoms with Crippen LogP contribution in [0.5, 0.6) is 40.2 Å². The number of likely N-dealkylation sites (N-methyl/N-ethyl adjacent to an activating group) is 2. The van der Waals surface area contributed by atoms with Crippen LogP contribution in [0, 0.1) is 0 Å². The molecule has 5 aliphatic heterocycles. The van der Waals surface area contributed by atoms with Crippen molar-refractivity contribution in [1.29, 1.82) is 0 Å². The molecule has 1 N–H and O–H groups in total. The van der Waals surface area contributed by atoms with E-state index in [0.29, 0.717) is 41.7 Å². The van der Waals surface area contributed by atoms with Gasteiger partial charge in [0.25, 0.3) is 0 Å². The molecule has 0 radical (unpaired) electrons. The summed E-state index contributed by atoms with van der Waals surface area (Å²) in [6.45, 7) is 4.52. The summed E-state index contributed by atoms with van der Waals surface area (Å²) in [4.78, 5) is 7.16. The fraction of sp³-hybridized carbons (Fsp3) is 0.442. The van der Waals surface area contributed by atoms with Crippen LogP contribution in [0.3, 0.4) is 0 Å². The van der Waals surface area contributed by atoms with E-state index in [1.165, 1.54) is 22.3 Å². The van der Waals surface area contributed by atoms with Crippen molar-refractivity contribution < 1.29 is 28.8 Å². The highest BCUT2D eigenvalue weighted by Gasteiger charge is 2.34. The van der Waals surface area contributed by atoms with Gasteiger partial charge in [-0.2, -0.15) is 11.8 Å². The number of fused-ring (bicyclic) bond motifs is 2. The lowest BCUT2D eigenvalue weighted by Crippen LogP contribution is -2.40. The Hall–Kier alpha value is -3.93. The maximum atomic E-state index is 11.2. The summed E-state index contributed by atoms with van der Waals surface area (Å²) in [6.07, 6.45) is 2.73. The first kappa shape index (κ1) is 36.1. The minimum absolute atomic E-state index is 0.0336. The molecule has 0 aromatic heterocycles. The van der Waals surface area contributed by atoms with Gasteiger partial charge in [0.05, 0.1) is 14.2 Å². The number of methoxy groups -OCH3 is 2. The molecule has 1 saturated heterocycles. The number of β-amino-alcohol motifs (C(OH)–C–C–N with tert-alkyl or cyclic N) is 1. The molecule has 0 spiro atoms. The van der Waals surface area contributed by atoms with Crippen molar-refractivity contribution in [1.82, 2.24) is 14.7 Å². The Labute approximate surface area is 317 Å². The Bertz CT molecular complexity index is 1920. The summed E-state index contributed by atoms with van der Waals surface area (Å²) in [5, 5.41) is 11.2. The predicted octanol–water partition coefficient (Wildman–Crippen LogP) is 6.93. The smallest absolute Gasteiger partial charge is 0.204 e. The molecule has 4 aromatic rings. The minimum Gasteiger partial charge on any atom is -0.493 e. The maximum Gasteiger partial charge on any atom is 0.204 e. The van der Waals surface area contributed by atoms with Gasteiger partial charge in [-0.1, -0.05) is 24.3 Å². The average Bonchev–Trinajstić information content (AvgIpc) is 3.17. The van der Waals surface area contributed by atoms with Crippen LogP contribution in [0.4, 0.5) is 0 Å². The van der Waals surface area contributed by atoms with E-state index >= 15 is 0 Å².